The van der Waals surface area contributed by atoms with E-state index in [9.17, 15) is 0 Å². The number of hydrogen-bond acceptors (Lipinski definition) is 4. The van der Waals surface area contributed by atoms with Crippen LogP contribution in [0.4, 0.5) is 5.69 Å². The zero-order chi connectivity index (χ0) is 10.7. The summed E-state index contributed by atoms with van der Waals surface area (Å²) in [6.07, 6.45) is 1.64. The molecule has 1 rings (SSSR count). The summed E-state index contributed by atoms with van der Waals surface area (Å²) in [5.41, 5.74) is 6.80. The summed E-state index contributed by atoms with van der Waals surface area (Å²) in [5.74, 6) is -0.143. The van der Waals surface area contributed by atoms with Crippen molar-refractivity contribution in [1.82, 2.24) is 9.78 Å². The molecule has 76 valence electrons. The molecule has 0 unspecified atom stereocenters. The van der Waals surface area contributed by atoms with E-state index in [1.165, 1.54) is 4.68 Å². The van der Waals surface area contributed by atoms with Gasteiger partial charge in [-0.2, -0.15) is 9.78 Å². The van der Waals surface area contributed by atoms with Crippen LogP contribution in [0.3, 0.4) is 0 Å². The molecule has 0 aliphatic carbocycles. The maximum atomic E-state index is 7.26. The summed E-state index contributed by atoms with van der Waals surface area (Å²) in [6.45, 7) is 0. The third-order valence-corrected chi connectivity index (χ3v) is 1.77. The second-order valence-electron chi connectivity index (χ2n) is 2.99. The van der Waals surface area contributed by atoms with Gasteiger partial charge < -0.3 is 10.6 Å². The summed E-state index contributed by atoms with van der Waals surface area (Å²) in [4.78, 5) is 5.90. The Hall–Kier alpha value is -1.85. The van der Waals surface area contributed by atoms with E-state index in [1.54, 1.807) is 13.2 Å². The summed E-state index contributed by atoms with van der Waals surface area (Å²) in [6, 6.07) is 1.81. The number of hydrogen-bond donors (Lipinski definition) is 2. The van der Waals surface area contributed by atoms with Crippen molar-refractivity contribution < 1.29 is 0 Å². The lowest BCUT2D eigenvalue weighted by atomic mass is 10.4. The van der Waals surface area contributed by atoms with E-state index in [2.05, 4.69) is 10.1 Å². The summed E-state index contributed by atoms with van der Waals surface area (Å²) >= 11 is 0. The van der Waals surface area contributed by atoms with E-state index in [4.69, 9.17) is 11.1 Å². The van der Waals surface area contributed by atoms with Gasteiger partial charge in [0.15, 0.2) is 5.49 Å². The van der Waals surface area contributed by atoms with Gasteiger partial charge in [0, 0.05) is 27.2 Å². The molecule has 1 heterocycles. The minimum Gasteiger partial charge on any atom is -0.376 e. The van der Waals surface area contributed by atoms with E-state index < -0.39 is 0 Å². The van der Waals surface area contributed by atoms with Gasteiger partial charge in [-0.05, 0) is 0 Å². The lowest BCUT2D eigenvalue weighted by Gasteiger charge is -2.12. The highest BCUT2D eigenvalue weighted by Gasteiger charge is 2.01. The van der Waals surface area contributed by atoms with Crippen LogP contribution in [0.2, 0.25) is 0 Å². The fourth-order valence-corrected chi connectivity index (χ4v) is 0.996. The Bertz CT molecular complexity index is 403. The van der Waals surface area contributed by atoms with Crippen LogP contribution in [-0.4, -0.2) is 36.9 Å². The SMILES string of the molecule is CN=c1cc(N(C)C)cnn1C(=N)N. The largest absolute Gasteiger partial charge is 0.376 e. The van der Waals surface area contributed by atoms with Crippen LogP contribution in [0, 0.1) is 5.41 Å². The maximum absolute atomic E-state index is 7.26. The number of aromatic nitrogens is 2. The predicted octanol–water partition coefficient (Wildman–Crippen LogP) is -0.779. The zero-order valence-corrected chi connectivity index (χ0v) is 8.52. The molecule has 0 atom stereocenters. The fourth-order valence-electron chi connectivity index (χ4n) is 0.996. The minimum absolute atomic E-state index is 0.143. The monoisotopic (exact) mass is 194 g/mol. The Kier molecular flexibility index (Phi) is 2.85. The molecule has 14 heavy (non-hydrogen) atoms. The van der Waals surface area contributed by atoms with Crippen LogP contribution in [0.5, 0.6) is 0 Å². The molecule has 0 bridgehead atoms. The average Bonchev–Trinajstić information content (AvgIpc) is 2.16. The van der Waals surface area contributed by atoms with Gasteiger partial charge in [-0.25, -0.2) is 0 Å². The average molecular weight is 194 g/mol. The normalized spacial score (nSPS) is 11.5. The van der Waals surface area contributed by atoms with Crippen molar-refractivity contribution in [3.63, 3.8) is 0 Å². The number of nitrogens with two attached hydrogens (primary N) is 1. The quantitative estimate of drug-likeness (QED) is 0.454. The third kappa shape index (κ3) is 1.90. The van der Waals surface area contributed by atoms with Crippen LogP contribution in [-0.2, 0) is 0 Å². The summed E-state index contributed by atoms with van der Waals surface area (Å²) < 4.78 is 1.27. The highest BCUT2D eigenvalue weighted by molar-refractivity contribution is 5.75. The number of nitrogens with zero attached hydrogens (tertiary/aromatic N) is 4. The van der Waals surface area contributed by atoms with Crippen molar-refractivity contribution in [2.24, 2.45) is 10.7 Å². The lowest BCUT2D eigenvalue weighted by Crippen LogP contribution is -2.35. The van der Waals surface area contributed by atoms with Gasteiger partial charge in [-0.3, -0.25) is 10.4 Å². The highest BCUT2D eigenvalue weighted by atomic mass is 15.3. The molecule has 0 aromatic carbocycles. The minimum atomic E-state index is -0.143. The first-order valence-corrected chi connectivity index (χ1v) is 4.10. The van der Waals surface area contributed by atoms with Crippen molar-refractivity contribution in [1.29, 1.82) is 5.41 Å². The molecule has 6 heteroatoms. The Morgan fingerprint density at radius 2 is 2.29 bits per heavy atom. The van der Waals surface area contributed by atoms with Crippen LogP contribution in [0.15, 0.2) is 17.3 Å². The van der Waals surface area contributed by atoms with Gasteiger partial charge in [0.1, 0.15) is 0 Å². The van der Waals surface area contributed by atoms with Gasteiger partial charge in [0.25, 0.3) is 0 Å². The van der Waals surface area contributed by atoms with Crippen molar-refractivity contribution in [2.75, 3.05) is 26.0 Å². The molecule has 0 saturated heterocycles. The molecule has 1 aromatic rings. The molecule has 6 nitrogen and oxygen atoms in total. The van der Waals surface area contributed by atoms with Gasteiger partial charge in [0.05, 0.1) is 11.9 Å². The molecule has 0 spiro atoms. The second kappa shape index (κ2) is 3.91. The van der Waals surface area contributed by atoms with Crippen LogP contribution >= 0.6 is 0 Å². The Morgan fingerprint density at radius 3 is 2.71 bits per heavy atom. The molecular formula is C8H14N6. The molecule has 0 amide bonds. The first kappa shape index (κ1) is 10.2. The fraction of sp³-hybridized carbons (Fsp3) is 0.375. The van der Waals surface area contributed by atoms with Crippen molar-refractivity contribution in [2.45, 2.75) is 0 Å². The maximum Gasteiger partial charge on any atom is 0.215 e. The van der Waals surface area contributed by atoms with E-state index in [1.807, 2.05) is 25.1 Å². The Balaban J connectivity index is 3.34. The number of rotatable bonds is 1. The number of nitrogens with one attached hydrogen (secondary N) is 1. The van der Waals surface area contributed by atoms with E-state index >= 15 is 0 Å². The molecule has 3 N–H and O–H groups in total. The molecule has 1 aromatic heterocycles. The Labute approximate surface area is 82.2 Å². The third-order valence-electron chi connectivity index (χ3n) is 1.77. The van der Waals surface area contributed by atoms with Crippen molar-refractivity contribution in [3.8, 4) is 0 Å². The molecule has 0 aliphatic heterocycles. The van der Waals surface area contributed by atoms with Gasteiger partial charge >= 0.3 is 0 Å². The topological polar surface area (TPSA) is 83.3 Å². The first-order chi connectivity index (χ1) is 6.56. The van der Waals surface area contributed by atoms with E-state index in [0.717, 1.165) is 5.69 Å². The molecule has 0 fully saturated rings. The van der Waals surface area contributed by atoms with Crippen LogP contribution in [0.25, 0.3) is 0 Å². The predicted molar refractivity (Wildman–Crippen MR) is 55.4 cm³/mol. The zero-order valence-electron chi connectivity index (χ0n) is 8.52. The first-order valence-electron chi connectivity index (χ1n) is 4.10. The number of anilines is 1. The van der Waals surface area contributed by atoms with Gasteiger partial charge in [0.2, 0.25) is 5.96 Å². The smallest absolute Gasteiger partial charge is 0.215 e. The lowest BCUT2D eigenvalue weighted by molar-refractivity contribution is 0.806. The van der Waals surface area contributed by atoms with E-state index in [-0.39, 0.29) is 5.96 Å². The molecule has 0 saturated carbocycles. The Morgan fingerprint density at radius 1 is 1.64 bits per heavy atom. The van der Waals surface area contributed by atoms with Gasteiger partial charge in [-0.1, -0.05) is 0 Å². The summed E-state index contributed by atoms with van der Waals surface area (Å²) in [7, 11) is 5.46. The van der Waals surface area contributed by atoms with Crippen molar-refractivity contribution >= 4 is 11.6 Å². The van der Waals surface area contributed by atoms with Crippen molar-refractivity contribution in [3.05, 3.63) is 17.8 Å². The van der Waals surface area contributed by atoms with Crippen LogP contribution in [0.1, 0.15) is 0 Å². The standard InChI is InChI=1S/C8H14N6/c1-11-7-4-6(13(2)3)5-12-14(7)8(9)10/h4-5H,1-3H3,(H3,9,10). The second-order valence-corrected chi connectivity index (χ2v) is 2.99. The summed E-state index contributed by atoms with van der Waals surface area (Å²) in [5, 5.41) is 11.3. The number of nitrogen functional groups attached to an aromatic ring is 1. The van der Waals surface area contributed by atoms with Gasteiger partial charge in [-0.15, -0.1) is 0 Å². The highest BCUT2D eigenvalue weighted by Crippen LogP contribution is 2.02. The molecule has 0 radical (unpaired) electrons. The molecule has 0 aliphatic rings. The van der Waals surface area contributed by atoms with E-state index in [0.29, 0.717) is 5.49 Å². The van der Waals surface area contributed by atoms with Crippen LogP contribution < -0.4 is 16.1 Å². The molecular weight excluding hydrogens is 180 g/mol.